The number of thioether (sulfide) groups is 1. The van der Waals surface area contributed by atoms with E-state index in [1.165, 1.54) is 23.1 Å². The quantitative estimate of drug-likeness (QED) is 0.668. The molecule has 2 aromatic heterocycles. The van der Waals surface area contributed by atoms with Crippen molar-refractivity contribution in [3.05, 3.63) is 29.3 Å². The monoisotopic (exact) mass is 347 g/mol. The molecule has 0 aliphatic heterocycles. The molecule has 6 nitrogen and oxygen atoms in total. The molecular weight excluding hydrogens is 330 g/mol. The molecule has 0 unspecified atom stereocenters. The summed E-state index contributed by atoms with van der Waals surface area (Å²) in [6.07, 6.45) is 0.876. The molecule has 0 bridgehead atoms. The van der Waals surface area contributed by atoms with Crippen LogP contribution >= 0.6 is 23.1 Å². The van der Waals surface area contributed by atoms with E-state index < -0.39 is 0 Å². The third kappa shape index (κ3) is 4.29. The number of para-hydroxylation sites is 2. The van der Waals surface area contributed by atoms with Crippen molar-refractivity contribution in [2.75, 3.05) is 11.1 Å². The van der Waals surface area contributed by atoms with Gasteiger partial charge in [-0.25, -0.2) is 4.98 Å². The average Bonchev–Trinajstić information content (AvgIpc) is 3.10. The fourth-order valence-corrected chi connectivity index (χ4v) is 3.68. The number of imidazole rings is 1. The van der Waals surface area contributed by atoms with E-state index in [-0.39, 0.29) is 11.7 Å². The summed E-state index contributed by atoms with van der Waals surface area (Å²) in [4.78, 5) is 19.6. The molecule has 120 valence electrons. The van der Waals surface area contributed by atoms with Crippen LogP contribution in [0.3, 0.4) is 0 Å². The molecule has 0 atom stereocenters. The van der Waals surface area contributed by atoms with Gasteiger partial charge >= 0.3 is 0 Å². The van der Waals surface area contributed by atoms with Crippen molar-refractivity contribution in [1.82, 2.24) is 20.2 Å². The van der Waals surface area contributed by atoms with Gasteiger partial charge in [-0.1, -0.05) is 49.1 Å². The number of H-pyrrole nitrogens is 1. The highest BCUT2D eigenvalue weighted by atomic mass is 32.2. The number of aromatic amines is 1. The number of hydrogen-bond acceptors (Lipinski definition) is 6. The van der Waals surface area contributed by atoms with Crippen molar-refractivity contribution in [3.8, 4) is 0 Å². The van der Waals surface area contributed by atoms with Crippen LogP contribution in [0.4, 0.5) is 5.13 Å². The summed E-state index contributed by atoms with van der Waals surface area (Å²) in [5.74, 6) is 0.691. The van der Waals surface area contributed by atoms with Crippen LogP contribution in [0.1, 0.15) is 18.9 Å². The zero-order chi connectivity index (χ0) is 16.2. The summed E-state index contributed by atoms with van der Waals surface area (Å²) in [5.41, 5.74) is 1.87. The van der Waals surface area contributed by atoms with Crippen LogP contribution < -0.4 is 5.32 Å². The Morgan fingerprint density at radius 3 is 2.96 bits per heavy atom. The number of anilines is 1. The van der Waals surface area contributed by atoms with E-state index in [2.05, 4.69) is 39.3 Å². The van der Waals surface area contributed by atoms with Gasteiger partial charge in [0.05, 0.1) is 16.8 Å². The van der Waals surface area contributed by atoms with Crippen LogP contribution in [0, 0.1) is 5.92 Å². The number of aromatic nitrogens is 4. The van der Waals surface area contributed by atoms with Gasteiger partial charge in [-0.05, 0) is 18.1 Å². The second-order valence-corrected chi connectivity index (χ2v) is 7.52. The molecule has 23 heavy (non-hydrogen) atoms. The predicted molar refractivity (Wildman–Crippen MR) is 93.9 cm³/mol. The van der Waals surface area contributed by atoms with Gasteiger partial charge in [0.2, 0.25) is 11.0 Å². The number of carbonyl (C=O) groups excluding carboxylic acids is 1. The largest absolute Gasteiger partial charge is 0.333 e. The first-order chi connectivity index (χ1) is 11.1. The highest BCUT2D eigenvalue weighted by Gasteiger charge is 2.11. The minimum Gasteiger partial charge on any atom is -0.333 e. The van der Waals surface area contributed by atoms with Crippen molar-refractivity contribution >= 4 is 45.2 Å². The maximum Gasteiger partial charge on any atom is 0.236 e. The normalized spacial score (nSPS) is 11.3. The molecule has 0 saturated carbocycles. The lowest BCUT2D eigenvalue weighted by Gasteiger charge is -1.99. The summed E-state index contributed by atoms with van der Waals surface area (Å²) in [6.45, 7) is 4.26. The molecule has 1 amide bonds. The van der Waals surface area contributed by atoms with Gasteiger partial charge < -0.3 is 4.98 Å². The van der Waals surface area contributed by atoms with Crippen LogP contribution in [0.5, 0.6) is 0 Å². The summed E-state index contributed by atoms with van der Waals surface area (Å²) in [6, 6.07) is 7.79. The van der Waals surface area contributed by atoms with Gasteiger partial charge in [-0.15, -0.1) is 10.2 Å². The SMILES string of the molecule is CC(C)Cc1nnc(NC(=O)CSc2nc3ccccc3[nH]2)s1. The topological polar surface area (TPSA) is 83.6 Å². The van der Waals surface area contributed by atoms with Gasteiger partial charge in [-0.2, -0.15) is 0 Å². The molecular formula is C15H17N5OS2. The number of nitrogens with one attached hydrogen (secondary N) is 2. The molecule has 0 saturated heterocycles. The highest BCUT2D eigenvalue weighted by Crippen LogP contribution is 2.21. The minimum absolute atomic E-state index is 0.109. The molecule has 8 heteroatoms. The van der Waals surface area contributed by atoms with Crippen LogP contribution in [0.2, 0.25) is 0 Å². The Morgan fingerprint density at radius 2 is 2.17 bits per heavy atom. The lowest BCUT2D eigenvalue weighted by molar-refractivity contribution is -0.113. The molecule has 0 spiro atoms. The van der Waals surface area contributed by atoms with Crippen molar-refractivity contribution in [2.24, 2.45) is 5.92 Å². The molecule has 2 N–H and O–H groups in total. The second kappa shape index (κ2) is 7.10. The molecule has 0 aliphatic carbocycles. The van der Waals surface area contributed by atoms with E-state index in [1.54, 1.807) is 0 Å². The smallest absolute Gasteiger partial charge is 0.236 e. The van der Waals surface area contributed by atoms with Gasteiger partial charge in [0.25, 0.3) is 0 Å². The average molecular weight is 347 g/mol. The Hall–Kier alpha value is -1.93. The number of rotatable bonds is 6. The Kier molecular flexibility index (Phi) is 4.92. The minimum atomic E-state index is -0.109. The van der Waals surface area contributed by atoms with Crippen LogP contribution in [-0.4, -0.2) is 31.8 Å². The van der Waals surface area contributed by atoms with E-state index in [4.69, 9.17) is 0 Å². The van der Waals surface area contributed by atoms with E-state index in [1.807, 2.05) is 24.3 Å². The van der Waals surface area contributed by atoms with E-state index in [0.29, 0.717) is 11.0 Å². The summed E-state index contributed by atoms with van der Waals surface area (Å²) >= 11 is 2.80. The molecule has 1 aromatic carbocycles. The van der Waals surface area contributed by atoms with Gasteiger partial charge in [0, 0.05) is 6.42 Å². The van der Waals surface area contributed by atoms with Crippen molar-refractivity contribution in [3.63, 3.8) is 0 Å². The number of fused-ring (bicyclic) bond motifs is 1. The third-order valence-electron chi connectivity index (χ3n) is 3.00. The number of hydrogen-bond donors (Lipinski definition) is 2. The van der Waals surface area contributed by atoms with Crippen LogP contribution in [-0.2, 0) is 11.2 Å². The van der Waals surface area contributed by atoms with Gasteiger partial charge in [-0.3, -0.25) is 10.1 Å². The highest BCUT2D eigenvalue weighted by molar-refractivity contribution is 7.99. The standard InChI is InChI=1S/C15H17N5OS2/c1-9(2)7-13-19-20-15(23-13)18-12(21)8-22-14-16-10-5-3-4-6-11(10)17-14/h3-6,9H,7-8H2,1-2H3,(H,16,17)(H,18,20,21). The van der Waals surface area contributed by atoms with Crippen molar-refractivity contribution in [1.29, 1.82) is 0 Å². The fourth-order valence-electron chi connectivity index (χ4n) is 2.02. The molecule has 0 fully saturated rings. The van der Waals surface area contributed by atoms with E-state index in [0.717, 1.165) is 27.6 Å². The zero-order valence-corrected chi connectivity index (χ0v) is 14.5. The van der Waals surface area contributed by atoms with E-state index >= 15 is 0 Å². The number of nitrogens with zero attached hydrogens (tertiary/aromatic N) is 3. The van der Waals surface area contributed by atoms with Crippen molar-refractivity contribution < 1.29 is 4.79 Å². The lowest BCUT2D eigenvalue weighted by Crippen LogP contribution is -2.13. The van der Waals surface area contributed by atoms with Crippen LogP contribution in [0.15, 0.2) is 29.4 Å². The Morgan fingerprint density at radius 1 is 1.35 bits per heavy atom. The molecule has 3 rings (SSSR count). The second-order valence-electron chi connectivity index (χ2n) is 5.49. The first kappa shape index (κ1) is 15.9. The lowest BCUT2D eigenvalue weighted by atomic mass is 10.1. The number of amides is 1. The van der Waals surface area contributed by atoms with Crippen molar-refractivity contribution in [2.45, 2.75) is 25.4 Å². The first-order valence-corrected chi connectivity index (χ1v) is 9.10. The van der Waals surface area contributed by atoms with Crippen LogP contribution in [0.25, 0.3) is 11.0 Å². The summed E-state index contributed by atoms with van der Waals surface area (Å²) < 4.78 is 0. The maximum atomic E-state index is 12.0. The number of benzene rings is 1. The zero-order valence-electron chi connectivity index (χ0n) is 12.9. The van der Waals surface area contributed by atoms with E-state index in [9.17, 15) is 4.79 Å². The number of carbonyl (C=O) groups is 1. The Balaban J connectivity index is 1.54. The molecule has 0 radical (unpaired) electrons. The molecule has 2 heterocycles. The van der Waals surface area contributed by atoms with Gasteiger partial charge in [0.15, 0.2) is 5.16 Å². The molecule has 3 aromatic rings. The predicted octanol–water partition coefficient (Wildman–Crippen LogP) is 3.34. The Bertz CT molecular complexity index is 778. The molecule has 0 aliphatic rings. The fraction of sp³-hybridized carbons (Fsp3) is 0.333. The first-order valence-electron chi connectivity index (χ1n) is 7.30. The van der Waals surface area contributed by atoms with Gasteiger partial charge in [0.1, 0.15) is 5.01 Å². The third-order valence-corrected chi connectivity index (χ3v) is 4.74. The Labute approximate surface area is 142 Å². The summed E-state index contributed by atoms with van der Waals surface area (Å²) in [7, 11) is 0. The summed E-state index contributed by atoms with van der Waals surface area (Å²) in [5, 5.41) is 13.1. The maximum absolute atomic E-state index is 12.0.